The van der Waals surface area contributed by atoms with Gasteiger partial charge >= 0.3 is 0 Å². The van der Waals surface area contributed by atoms with E-state index in [2.05, 4.69) is 28.1 Å². The molecule has 1 atom stereocenters. The average molecular weight is 444 g/mol. The number of nitrogens with zero attached hydrogens (tertiary/aromatic N) is 5. The van der Waals surface area contributed by atoms with Crippen molar-refractivity contribution in [1.29, 1.82) is 0 Å². The molecule has 33 heavy (non-hydrogen) atoms. The number of likely N-dealkylation sites (tertiary alicyclic amines) is 1. The fourth-order valence-electron chi connectivity index (χ4n) is 4.67. The number of pyridine rings is 2. The van der Waals surface area contributed by atoms with Crippen LogP contribution in [-0.2, 0) is 6.54 Å². The molecule has 0 saturated carbocycles. The minimum atomic E-state index is 0.318. The maximum atomic E-state index is 5.62. The number of piperidine rings is 1. The molecule has 4 aromatic rings. The third-order valence-corrected chi connectivity index (χ3v) is 6.26. The fraction of sp³-hybridized carbons (Fsp3) is 0.346. The van der Waals surface area contributed by atoms with E-state index in [4.69, 9.17) is 19.6 Å². The van der Waals surface area contributed by atoms with Gasteiger partial charge in [0.1, 0.15) is 0 Å². The molecular weight excluding hydrogens is 414 g/mol. The highest BCUT2D eigenvalue weighted by molar-refractivity contribution is 5.74. The molecule has 7 nitrogen and oxygen atoms in total. The van der Waals surface area contributed by atoms with Crippen LogP contribution in [0.2, 0.25) is 0 Å². The quantitative estimate of drug-likeness (QED) is 0.437. The Morgan fingerprint density at radius 2 is 1.88 bits per heavy atom. The number of rotatable bonds is 6. The molecule has 0 radical (unpaired) electrons. The molecule has 1 unspecified atom stereocenters. The Kier molecular flexibility index (Phi) is 5.96. The Bertz CT molecular complexity index is 1270. The summed E-state index contributed by atoms with van der Waals surface area (Å²) in [5, 5.41) is 4.87. The maximum Gasteiger partial charge on any atom is 0.168 e. The zero-order valence-electron chi connectivity index (χ0n) is 19.4. The highest BCUT2D eigenvalue weighted by Gasteiger charge is 2.25. The van der Waals surface area contributed by atoms with Gasteiger partial charge in [0.15, 0.2) is 23.0 Å². The first-order chi connectivity index (χ1) is 16.1. The van der Waals surface area contributed by atoms with Crippen LogP contribution in [0.25, 0.3) is 16.8 Å². The Labute approximate surface area is 194 Å². The van der Waals surface area contributed by atoms with Crippen LogP contribution in [-0.4, -0.2) is 51.8 Å². The zero-order chi connectivity index (χ0) is 22.8. The average Bonchev–Trinajstić information content (AvgIpc) is 3.27. The first-order valence-electron chi connectivity index (χ1n) is 11.4. The van der Waals surface area contributed by atoms with Crippen molar-refractivity contribution in [2.75, 3.05) is 27.3 Å². The van der Waals surface area contributed by atoms with Crippen LogP contribution in [0.5, 0.6) is 11.5 Å². The normalized spacial score (nSPS) is 16.8. The smallest absolute Gasteiger partial charge is 0.168 e. The number of para-hydroxylation sites is 1. The standard InChI is InChI=1S/C26H29N5O2/c1-18-7-4-9-21(27-18)17-30-14-6-8-20(15-30)26-28-24-13-12-19(16-31(24)29-26)22-10-5-11-23(32-2)25(22)33-3/h4-5,7,9-13,16,20H,6,8,14-15,17H2,1-3H3. The van der Waals surface area contributed by atoms with Crippen molar-refractivity contribution < 1.29 is 9.47 Å². The number of methoxy groups -OCH3 is 2. The lowest BCUT2D eigenvalue weighted by Crippen LogP contribution is -2.34. The molecule has 0 amide bonds. The second-order valence-corrected chi connectivity index (χ2v) is 8.58. The number of fused-ring (bicyclic) bond motifs is 1. The van der Waals surface area contributed by atoms with Gasteiger partial charge in [0.05, 0.1) is 19.9 Å². The fourth-order valence-corrected chi connectivity index (χ4v) is 4.67. The van der Waals surface area contributed by atoms with Crippen LogP contribution < -0.4 is 9.47 Å². The highest BCUT2D eigenvalue weighted by Crippen LogP contribution is 2.37. The first-order valence-corrected chi connectivity index (χ1v) is 11.4. The minimum Gasteiger partial charge on any atom is -0.493 e. The molecule has 0 spiro atoms. The van der Waals surface area contributed by atoms with Gasteiger partial charge in [-0.3, -0.25) is 9.88 Å². The molecule has 0 bridgehead atoms. The molecule has 4 heterocycles. The molecule has 1 aliphatic heterocycles. The summed E-state index contributed by atoms with van der Waals surface area (Å²) >= 11 is 0. The van der Waals surface area contributed by atoms with Crippen LogP contribution in [0.1, 0.15) is 36.0 Å². The number of aryl methyl sites for hydroxylation is 1. The van der Waals surface area contributed by atoms with Gasteiger partial charge in [-0.2, -0.15) is 5.10 Å². The summed E-state index contributed by atoms with van der Waals surface area (Å²) in [6, 6.07) is 16.2. The number of ether oxygens (including phenoxy) is 2. The summed E-state index contributed by atoms with van der Waals surface area (Å²) in [5.41, 5.74) is 5.01. The molecule has 0 aliphatic carbocycles. The van der Waals surface area contributed by atoms with Crippen LogP contribution >= 0.6 is 0 Å². The monoisotopic (exact) mass is 443 g/mol. The van der Waals surface area contributed by atoms with Crippen molar-refractivity contribution in [3.05, 3.63) is 71.9 Å². The van der Waals surface area contributed by atoms with Crippen LogP contribution in [0, 0.1) is 6.92 Å². The summed E-state index contributed by atoms with van der Waals surface area (Å²) in [6.45, 7) is 4.94. The van der Waals surface area contributed by atoms with Gasteiger partial charge in [0.2, 0.25) is 0 Å². The molecule has 3 aromatic heterocycles. The highest BCUT2D eigenvalue weighted by atomic mass is 16.5. The van der Waals surface area contributed by atoms with Crippen LogP contribution in [0.15, 0.2) is 54.7 Å². The Balaban J connectivity index is 1.39. The van der Waals surface area contributed by atoms with Crippen molar-refractivity contribution in [1.82, 2.24) is 24.5 Å². The summed E-state index contributed by atoms with van der Waals surface area (Å²) in [4.78, 5) is 12.0. The van der Waals surface area contributed by atoms with E-state index in [-0.39, 0.29) is 0 Å². The van der Waals surface area contributed by atoms with E-state index in [1.807, 2.05) is 48.0 Å². The van der Waals surface area contributed by atoms with Gasteiger partial charge in [0, 0.05) is 42.0 Å². The SMILES string of the molecule is COc1cccc(-c2ccc3nc(C4CCCN(Cc5cccc(C)n5)C4)nn3c2)c1OC. The Morgan fingerprint density at radius 1 is 1.00 bits per heavy atom. The van der Waals surface area contributed by atoms with Crippen molar-refractivity contribution in [2.45, 2.75) is 32.2 Å². The van der Waals surface area contributed by atoms with Gasteiger partial charge in [-0.1, -0.05) is 18.2 Å². The van der Waals surface area contributed by atoms with E-state index in [1.165, 1.54) is 0 Å². The minimum absolute atomic E-state index is 0.318. The number of benzene rings is 1. The largest absolute Gasteiger partial charge is 0.493 e. The number of aromatic nitrogens is 4. The third kappa shape index (κ3) is 4.41. The zero-order valence-corrected chi connectivity index (χ0v) is 19.4. The maximum absolute atomic E-state index is 5.62. The summed E-state index contributed by atoms with van der Waals surface area (Å²) in [6.07, 6.45) is 4.25. The van der Waals surface area contributed by atoms with Crippen LogP contribution in [0.4, 0.5) is 0 Å². The van der Waals surface area contributed by atoms with Gasteiger partial charge in [-0.25, -0.2) is 9.50 Å². The van der Waals surface area contributed by atoms with E-state index < -0.39 is 0 Å². The predicted octanol–water partition coefficient (Wildman–Crippen LogP) is 4.50. The van der Waals surface area contributed by atoms with E-state index >= 15 is 0 Å². The first kappa shape index (κ1) is 21.4. The molecule has 1 fully saturated rings. The van der Waals surface area contributed by atoms with E-state index in [0.717, 1.165) is 66.5 Å². The predicted molar refractivity (Wildman–Crippen MR) is 128 cm³/mol. The van der Waals surface area contributed by atoms with Gasteiger partial charge in [-0.05, 0) is 56.6 Å². The molecule has 170 valence electrons. The van der Waals surface area contributed by atoms with Gasteiger partial charge < -0.3 is 9.47 Å². The van der Waals surface area contributed by atoms with E-state index in [9.17, 15) is 0 Å². The number of hydrogen-bond acceptors (Lipinski definition) is 6. The lowest BCUT2D eigenvalue weighted by atomic mass is 9.97. The topological polar surface area (TPSA) is 64.8 Å². The van der Waals surface area contributed by atoms with E-state index in [0.29, 0.717) is 17.4 Å². The Hall–Kier alpha value is -3.45. The molecule has 1 saturated heterocycles. The summed E-state index contributed by atoms with van der Waals surface area (Å²) in [7, 11) is 3.31. The molecule has 1 aromatic carbocycles. The summed E-state index contributed by atoms with van der Waals surface area (Å²) < 4.78 is 13.0. The molecule has 1 aliphatic rings. The number of hydrogen-bond donors (Lipinski definition) is 0. The third-order valence-electron chi connectivity index (χ3n) is 6.26. The van der Waals surface area contributed by atoms with Gasteiger partial charge in [0.25, 0.3) is 0 Å². The van der Waals surface area contributed by atoms with Crippen molar-refractivity contribution >= 4 is 5.65 Å². The molecule has 0 N–H and O–H groups in total. The van der Waals surface area contributed by atoms with Crippen molar-refractivity contribution in [2.24, 2.45) is 0 Å². The van der Waals surface area contributed by atoms with E-state index in [1.54, 1.807) is 14.2 Å². The lowest BCUT2D eigenvalue weighted by Gasteiger charge is -2.31. The van der Waals surface area contributed by atoms with Crippen molar-refractivity contribution in [3.8, 4) is 22.6 Å². The second kappa shape index (κ2) is 9.19. The molecule has 7 heteroatoms. The second-order valence-electron chi connectivity index (χ2n) is 8.58. The Morgan fingerprint density at radius 3 is 2.70 bits per heavy atom. The van der Waals surface area contributed by atoms with Gasteiger partial charge in [-0.15, -0.1) is 0 Å². The lowest BCUT2D eigenvalue weighted by molar-refractivity contribution is 0.194. The molecule has 5 rings (SSSR count). The molecular formula is C26H29N5O2. The van der Waals surface area contributed by atoms with Crippen LogP contribution in [0.3, 0.4) is 0 Å². The van der Waals surface area contributed by atoms with Crippen molar-refractivity contribution in [3.63, 3.8) is 0 Å². The summed E-state index contributed by atoms with van der Waals surface area (Å²) in [5.74, 6) is 2.65.